The van der Waals surface area contributed by atoms with Crippen LogP contribution in [0, 0.1) is 59.2 Å². The van der Waals surface area contributed by atoms with Gasteiger partial charge in [0.15, 0.2) is 5.78 Å². The fourth-order valence-electron chi connectivity index (χ4n) is 11.7. The summed E-state index contributed by atoms with van der Waals surface area (Å²) in [5, 5.41) is 0. The Morgan fingerprint density at radius 3 is 2.19 bits per heavy atom. The Kier molecular flexibility index (Phi) is 8.01. The second-order valence-corrected chi connectivity index (χ2v) is 15.5. The van der Waals surface area contributed by atoms with Gasteiger partial charge in [0, 0.05) is 29.4 Å². The molecule has 3 nitrogen and oxygen atoms in total. The van der Waals surface area contributed by atoms with E-state index in [0.717, 1.165) is 83.5 Å². The lowest BCUT2D eigenvalue weighted by Crippen LogP contribution is -2.44. The first-order chi connectivity index (χ1) is 20.4. The van der Waals surface area contributed by atoms with Crippen LogP contribution in [-0.4, -0.2) is 43.6 Å². The van der Waals surface area contributed by atoms with Crippen LogP contribution in [0.25, 0.3) is 0 Å². The smallest absolute Gasteiger partial charge is 0.193 e. The Morgan fingerprint density at radius 2 is 1.45 bits per heavy atom. The molecule has 4 aliphatic carbocycles. The Morgan fingerprint density at radius 1 is 0.786 bits per heavy atom. The molecule has 0 aromatic heterocycles. The predicted octanol–water partition coefficient (Wildman–Crippen LogP) is 8.52. The highest BCUT2D eigenvalue weighted by atomic mass is 16.5. The molecule has 0 radical (unpaired) electrons. The first-order valence-electron chi connectivity index (χ1n) is 17.6. The molecule has 0 amide bonds. The zero-order chi connectivity index (χ0) is 28.8. The van der Waals surface area contributed by atoms with Crippen molar-refractivity contribution < 1.29 is 14.0 Å². The van der Waals surface area contributed by atoms with E-state index in [2.05, 4.69) is 20.9 Å². The Balaban J connectivity index is 0.868. The molecule has 0 N–H and O–H groups in total. The number of carbonyl (C=O) groups is 1. The molecule has 5 aliphatic rings. The van der Waals surface area contributed by atoms with Gasteiger partial charge in [-0.3, -0.25) is 4.79 Å². The van der Waals surface area contributed by atoms with Crippen molar-refractivity contribution in [2.75, 3.05) is 33.3 Å². The summed E-state index contributed by atoms with van der Waals surface area (Å²) in [4.78, 5) is 12.7. The minimum Gasteiger partial charge on any atom is -0.493 e. The molecule has 226 valence electrons. The van der Waals surface area contributed by atoms with Crippen LogP contribution >= 0.6 is 0 Å². The van der Waals surface area contributed by atoms with E-state index in [1.54, 1.807) is 25.7 Å². The van der Waals surface area contributed by atoms with Gasteiger partial charge in [-0.2, -0.15) is 0 Å². The number of rotatable bonds is 12. The lowest BCUT2D eigenvalue weighted by atomic mass is 9.68. The third-order valence-corrected chi connectivity index (χ3v) is 13.5. The summed E-state index contributed by atoms with van der Waals surface area (Å²) in [7, 11) is 2.53. The third kappa shape index (κ3) is 5.27. The minimum atomic E-state index is 0.0652. The number of benzene rings is 2. The maximum Gasteiger partial charge on any atom is 0.193 e. The van der Waals surface area contributed by atoms with Crippen molar-refractivity contribution in [2.24, 2.45) is 59.2 Å². The second kappa shape index (κ2) is 11.8. The van der Waals surface area contributed by atoms with E-state index >= 15 is 0 Å². The topological polar surface area (TPSA) is 26.3 Å². The number of ketones is 1. The molecule has 11 atom stereocenters. The van der Waals surface area contributed by atoms with Crippen molar-refractivity contribution in [3.63, 3.8) is 0 Å². The first kappa shape index (κ1) is 28.6. The summed E-state index contributed by atoms with van der Waals surface area (Å²) < 4.78 is 7.38. The molecular weight excluding hydrogens is 514 g/mol. The van der Waals surface area contributed by atoms with Crippen molar-refractivity contribution in [1.29, 1.82) is 0 Å². The number of hydrogen-bond acceptors (Lipinski definition) is 2. The first-order valence-corrected chi connectivity index (χ1v) is 17.6. The zero-order valence-electron chi connectivity index (χ0n) is 26.4. The van der Waals surface area contributed by atoms with Crippen LogP contribution in [0.1, 0.15) is 87.6 Å². The average Bonchev–Trinajstić information content (AvgIpc) is 3.82. The van der Waals surface area contributed by atoms with Crippen LogP contribution in [0.4, 0.5) is 0 Å². The molecule has 0 spiro atoms. The standard InChI is InChI=1S/C39H54NO2/c1-4-32-29-14-15-30(22-29)34(32)13-8-12-33-26(2)35-23-36(33)38-25-40(3,24-37(35)38)20-9-21-42-31-18-16-28(17-19-31)39(41)27-10-6-5-7-11-27/h5-7,10-11,16-19,26,29-30,32-38H,4,8-9,12-15,20-25H2,1-3H3/q+1. The van der Waals surface area contributed by atoms with E-state index in [1.165, 1.54) is 49.8 Å². The van der Waals surface area contributed by atoms with Crippen molar-refractivity contribution in [2.45, 2.75) is 71.6 Å². The number of fused-ring (bicyclic) bond motifs is 7. The molecule has 11 unspecified atom stereocenters. The van der Waals surface area contributed by atoms with Gasteiger partial charge in [0.1, 0.15) is 5.75 Å². The fraction of sp³-hybridized carbons (Fsp3) is 0.667. The molecule has 5 fully saturated rings. The van der Waals surface area contributed by atoms with Crippen LogP contribution in [0.2, 0.25) is 0 Å². The van der Waals surface area contributed by atoms with E-state index < -0.39 is 0 Å². The molecule has 4 bridgehead atoms. The molecule has 3 heteroatoms. The summed E-state index contributed by atoms with van der Waals surface area (Å²) in [6.45, 7) is 9.86. The normalized spacial score (nSPS) is 39.6. The van der Waals surface area contributed by atoms with E-state index in [9.17, 15) is 4.79 Å². The second-order valence-electron chi connectivity index (χ2n) is 15.5. The van der Waals surface area contributed by atoms with Gasteiger partial charge < -0.3 is 9.22 Å². The lowest BCUT2D eigenvalue weighted by Gasteiger charge is -2.35. The highest BCUT2D eigenvalue weighted by molar-refractivity contribution is 6.08. The summed E-state index contributed by atoms with van der Waals surface area (Å²) >= 11 is 0. The molecular formula is C39H54NO2+. The van der Waals surface area contributed by atoms with Crippen LogP contribution in [0.5, 0.6) is 5.75 Å². The van der Waals surface area contributed by atoms with Crippen molar-refractivity contribution in [1.82, 2.24) is 0 Å². The maximum atomic E-state index is 12.7. The summed E-state index contributed by atoms with van der Waals surface area (Å²) in [5.74, 6) is 11.1. The largest absolute Gasteiger partial charge is 0.493 e. The average molecular weight is 569 g/mol. The highest BCUT2D eigenvalue weighted by Gasteiger charge is 2.62. The van der Waals surface area contributed by atoms with Crippen molar-refractivity contribution in [3.8, 4) is 5.75 Å². The highest BCUT2D eigenvalue weighted by Crippen LogP contribution is 2.63. The maximum absolute atomic E-state index is 12.7. The van der Waals surface area contributed by atoms with Crippen molar-refractivity contribution >= 4 is 5.78 Å². The summed E-state index contributed by atoms with van der Waals surface area (Å²) in [6, 6.07) is 17.2. The molecule has 4 saturated carbocycles. The van der Waals surface area contributed by atoms with Crippen LogP contribution in [-0.2, 0) is 0 Å². The summed E-state index contributed by atoms with van der Waals surface area (Å²) in [6.07, 6.45) is 13.3. The van der Waals surface area contributed by atoms with Crippen molar-refractivity contribution in [3.05, 3.63) is 65.7 Å². The summed E-state index contributed by atoms with van der Waals surface area (Å²) in [5.41, 5.74) is 1.45. The van der Waals surface area contributed by atoms with E-state index in [0.29, 0.717) is 5.56 Å². The molecule has 2 aromatic rings. The minimum absolute atomic E-state index is 0.0652. The van der Waals surface area contributed by atoms with Gasteiger partial charge in [-0.05, 0) is 110 Å². The van der Waals surface area contributed by atoms with Gasteiger partial charge in [-0.15, -0.1) is 0 Å². The SMILES string of the molecule is CCC1C2CCC(C2)C1CCCC1C(C)C2CC1C1C[N+](C)(CCCOc3ccc(C(=O)c4ccccc4)cc3)CC21. The molecule has 1 heterocycles. The Hall–Kier alpha value is -2.13. The third-order valence-electron chi connectivity index (χ3n) is 13.5. The molecule has 1 aliphatic heterocycles. The van der Waals surface area contributed by atoms with Gasteiger partial charge in [0.05, 0.1) is 33.3 Å². The number of hydrogen-bond donors (Lipinski definition) is 0. The van der Waals surface area contributed by atoms with Crippen LogP contribution in [0.3, 0.4) is 0 Å². The number of quaternary nitrogens is 1. The predicted molar refractivity (Wildman–Crippen MR) is 170 cm³/mol. The van der Waals surface area contributed by atoms with Gasteiger partial charge in [-0.1, -0.05) is 57.0 Å². The van der Waals surface area contributed by atoms with Gasteiger partial charge >= 0.3 is 0 Å². The van der Waals surface area contributed by atoms with Gasteiger partial charge in [0.2, 0.25) is 0 Å². The number of ether oxygens (including phenoxy) is 1. The molecule has 7 rings (SSSR count). The van der Waals surface area contributed by atoms with Gasteiger partial charge in [0.25, 0.3) is 0 Å². The van der Waals surface area contributed by atoms with Crippen LogP contribution < -0.4 is 4.74 Å². The van der Waals surface area contributed by atoms with Crippen LogP contribution in [0.15, 0.2) is 54.6 Å². The molecule has 1 saturated heterocycles. The van der Waals surface area contributed by atoms with Gasteiger partial charge in [-0.25, -0.2) is 0 Å². The molecule has 42 heavy (non-hydrogen) atoms. The number of likely N-dealkylation sites (tertiary alicyclic amines) is 1. The van der Waals surface area contributed by atoms with E-state index in [-0.39, 0.29) is 5.78 Å². The lowest BCUT2D eigenvalue weighted by molar-refractivity contribution is -0.901. The Bertz CT molecular complexity index is 1220. The quantitative estimate of drug-likeness (QED) is 0.146. The van der Waals surface area contributed by atoms with E-state index in [4.69, 9.17) is 4.74 Å². The number of nitrogens with zero attached hydrogens (tertiary/aromatic N) is 1. The fourth-order valence-corrected chi connectivity index (χ4v) is 11.7. The zero-order valence-corrected chi connectivity index (χ0v) is 26.4. The number of carbonyl (C=O) groups excluding carboxylic acids is 1. The van der Waals surface area contributed by atoms with E-state index in [1.807, 2.05) is 54.6 Å². The molecule has 2 aromatic carbocycles. The Labute approximate surface area is 255 Å². The monoisotopic (exact) mass is 568 g/mol.